The summed E-state index contributed by atoms with van der Waals surface area (Å²) in [5.74, 6) is -0.0586. The monoisotopic (exact) mass is 253 g/mol. The molecule has 0 unspecified atom stereocenters. The van der Waals surface area contributed by atoms with Crippen molar-refractivity contribution < 1.29 is 4.39 Å². The van der Waals surface area contributed by atoms with Crippen LogP contribution in [0.5, 0.6) is 0 Å². The number of amidine groups is 1. The average molecular weight is 254 g/mol. The average Bonchev–Trinajstić information content (AvgIpc) is 2.19. The largest absolute Gasteiger partial charge is 0.387 e. The van der Waals surface area contributed by atoms with Gasteiger partial charge in [0.25, 0.3) is 0 Å². The van der Waals surface area contributed by atoms with Gasteiger partial charge >= 0.3 is 0 Å². The van der Waals surface area contributed by atoms with E-state index in [9.17, 15) is 4.39 Å². The Bertz CT molecular complexity index is 502. The van der Waals surface area contributed by atoms with Gasteiger partial charge in [0.05, 0.1) is 16.6 Å². The van der Waals surface area contributed by atoms with Crippen molar-refractivity contribution in [2.75, 3.05) is 0 Å². The molecule has 17 heavy (non-hydrogen) atoms. The van der Waals surface area contributed by atoms with Gasteiger partial charge in [0, 0.05) is 11.3 Å². The number of allylic oxidation sites excluding steroid dienone is 1. The summed E-state index contributed by atoms with van der Waals surface area (Å²) < 4.78 is 13.2. The predicted molar refractivity (Wildman–Crippen MR) is 70.6 cm³/mol. The molecule has 0 heterocycles. The van der Waals surface area contributed by atoms with Crippen molar-refractivity contribution in [2.24, 2.45) is 10.7 Å². The number of nitrogens with two attached hydrogens (primary N) is 1. The number of halogens is 2. The molecule has 0 amide bonds. The molecule has 0 bridgehead atoms. The Kier molecular flexibility index (Phi) is 4.40. The molecule has 90 valence electrons. The summed E-state index contributed by atoms with van der Waals surface area (Å²) >= 11 is 6.01. The van der Waals surface area contributed by atoms with Crippen molar-refractivity contribution in [3.63, 3.8) is 0 Å². The molecule has 1 aromatic carbocycles. The van der Waals surface area contributed by atoms with Gasteiger partial charge in [-0.3, -0.25) is 0 Å². The zero-order valence-electron chi connectivity index (χ0n) is 9.59. The van der Waals surface area contributed by atoms with Crippen LogP contribution >= 0.6 is 11.6 Å². The molecular formula is C12H13ClFN3. The van der Waals surface area contributed by atoms with Gasteiger partial charge in [0.2, 0.25) is 0 Å². The highest BCUT2D eigenvalue weighted by atomic mass is 35.5. The normalized spacial score (nSPS) is 12.7. The molecule has 3 N–H and O–H groups in total. The fourth-order valence-electron chi connectivity index (χ4n) is 1.25. The Morgan fingerprint density at radius 3 is 2.65 bits per heavy atom. The maximum atomic E-state index is 13.2. The molecule has 0 atom stereocenters. The van der Waals surface area contributed by atoms with E-state index in [0.717, 1.165) is 0 Å². The van der Waals surface area contributed by atoms with Gasteiger partial charge in [0.15, 0.2) is 0 Å². The maximum absolute atomic E-state index is 13.2. The zero-order chi connectivity index (χ0) is 13.0. The molecule has 0 aromatic heterocycles. The number of aliphatic imine (C=N–C) groups is 1. The van der Waals surface area contributed by atoms with Crippen LogP contribution in [0.4, 0.5) is 10.1 Å². The zero-order valence-corrected chi connectivity index (χ0v) is 10.3. The molecule has 5 heteroatoms. The Labute approximate surface area is 104 Å². The fourth-order valence-corrected chi connectivity index (χ4v) is 1.57. The molecule has 0 spiro atoms. The van der Waals surface area contributed by atoms with Crippen LogP contribution in [0.3, 0.4) is 0 Å². The lowest BCUT2D eigenvalue weighted by Crippen LogP contribution is -2.04. The number of benzene rings is 1. The minimum absolute atomic E-state index is 0.261. The van der Waals surface area contributed by atoms with Crippen molar-refractivity contribution in [3.05, 3.63) is 35.7 Å². The molecule has 0 aliphatic rings. The van der Waals surface area contributed by atoms with Crippen LogP contribution in [0.25, 0.3) is 5.03 Å². The molecule has 0 radical (unpaired) electrons. The standard InChI is InChI=1S/C12H13ClFN3/c1-7(15)5-11(13)10-6-9(14)3-4-12(10)17-8(2)16/h3-6,15H,1-2H3,(H2,16,17)/b11-5-,15-7?. The van der Waals surface area contributed by atoms with Crippen LogP contribution in [-0.4, -0.2) is 11.5 Å². The summed E-state index contributed by atoms with van der Waals surface area (Å²) in [7, 11) is 0. The third-order valence-electron chi connectivity index (χ3n) is 1.86. The summed E-state index contributed by atoms with van der Waals surface area (Å²) in [4.78, 5) is 4.06. The summed E-state index contributed by atoms with van der Waals surface area (Å²) in [6, 6.07) is 4.05. The first-order valence-electron chi connectivity index (χ1n) is 4.93. The van der Waals surface area contributed by atoms with E-state index < -0.39 is 5.82 Å². The summed E-state index contributed by atoms with van der Waals surface area (Å²) in [6.45, 7) is 3.21. The lowest BCUT2D eigenvalue weighted by molar-refractivity contribution is 0.627. The van der Waals surface area contributed by atoms with Gasteiger partial charge in [-0.15, -0.1) is 0 Å². The quantitative estimate of drug-likeness (QED) is 0.629. The first-order valence-corrected chi connectivity index (χ1v) is 5.31. The van der Waals surface area contributed by atoms with Gasteiger partial charge < -0.3 is 11.1 Å². The van der Waals surface area contributed by atoms with Crippen LogP contribution in [0, 0.1) is 11.2 Å². The highest BCUT2D eigenvalue weighted by Gasteiger charge is 2.07. The summed E-state index contributed by atoms with van der Waals surface area (Å²) in [5, 5.41) is 7.59. The third-order valence-corrected chi connectivity index (χ3v) is 2.17. The Balaban J connectivity index is 3.34. The van der Waals surface area contributed by atoms with Crippen LogP contribution in [0.1, 0.15) is 19.4 Å². The van der Waals surface area contributed by atoms with E-state index in [4.69, 9.17) is 22.7 Å². The minimum atomic E-state index is -0.414. The highest BCUT2D eigenvalue weighted by Crippen LogP contribution is 2.30. The van der Waals surface area contributed by atoms with Gasteiger partial charge in [-0.1, -0.05) is 11.6 Å². The lowest BCUT2D eigenvalue weighted by atomic mass is 10.1. The van der Waals surface area contributed by atoms with Crippen LogP contribution < -0.4 is 5.73 Å². The van der Waals surface area contributed by atoms with Crippen LogP contribution in [0.2, 0.25) is 0 Å². The minimum Gasteiger partial charge on any atom is -0.387 e. The molecular weight excluding hydrogens is 241 g/mol. The molecule has 0 aliphatic carbocycles. The van der Waals surface area contributed by atoms with Gasteiger partial charge in [-0.2, -0.15) is 0 Å². The van der Waals surface area contributed by atoms with Crippen molar-refractivity contribution in [2.45, 2.75) is 13.8 Å². The Morgan fingerprint density at radius 2 is 2.12 bits per heavy atom. The van der Waals surface area contributed by atoms with E-state index in [1.54, 1.807) is 13.8 Å². The predicted octanol–water partition coefficient (Wildman–Crippen LogP) is 3.45. The second kappa shape index (κ2) is 5.59. The van der Waals surface area contributed by atoms with E-state index in [1.807, 2.05) is 0 Å². The van der Waals surface area contributed by atoms with Crippen LogP contribution in [0.15, 0.2) is 29.3 Å². The third kappa shape index (κ3) is 4.00. The van der Waals surface area contributed by atoms with Crippen molar-refractivity contribution in [1.29, 1.82) is 5.41 Å². The molecule has 0 fully saturated rings. The molecule has 0 aliphatic heterocycles. The highest BCUT2D eigenvalue weighted by molar-refractivity contribution is 6.50. The van der Waals surface area contributed by atoms with Gasteiger partial charge in [0.1, 0.15) is 5.82 Å². The van der Waals surface area contributed by atoms with Crippen molar-refractivity contribution >= 4 is 33.9 Å². The van der Waals surface area contributed by atoms with Crippen molar-refractivity contribution in [1.82, 2.24) is 0 Å². The topological polar surface area (TPSA) is 62.2 Å². The lowest BCUT2D eigenvalue weighted by Gasteiger charge is -2.05. The van der Waals surface area contributed by atoms with Crippen LogP contribution in [-0.2, 0) is 0 Å². The molecule has 3 nitrogen and oxygen atoms in total. The second-order valence-electron chi connectivity index (χ2n) is 3.59. The molecule has 0 saturated heterocycles. The van der Waals surface area contributed by atoms with E-state index in [1.165, 1.54) is 24.3 Å². The number of hydrogen-bond acceptors (Lipinski definition) is 2. The number of hydrogen-bond donors (Lipinski definition) is 2. The Morgan fingerprint density at radius 1 is 1.47 bits per heavy atom. The first-order chi connectivity index (χ1) is 7.90. The Hall–Kier alpha value is -1.68. The van der Waals surface area contributed by atoms with E-state index >= 15 is 0 Å². The molecule has 1 aromatic rings. The molecule has 1 rings (SSSR count). The number of rotatable bonds is 3. The fraction of sp³-hybridized carbons (Fsp3) is 0.167. The number of nitrogens with zero attached hydrogens (tertiary/aromatic N) is 1. The smallest absolute Gasteiger partial charge is 0.124 e. The first kappa shape index (κ1) is 13.4. The maximum Gasteiger partial charge on any atom is 0.124 e. The van der Waals surface area contributed by atoms with Gasteiger partial charge in [-0.25, -0.2) is 9.38 Å². The van der Waals surface area contributed by atoms with E-state index in [2.05, 4.69) is 4.99 Å². The van der Waals surface area contributed by atoms with Crippen molar-refractivity contribution in [3.8, 4) is 0 Å². The summed E-state index contributed by atoms with van der Waals surface area (Å²) in [5.41, 5.74) is 6.66. The van der Waals surface area contributed by atoms with E-state index in [-0.39, 0.29) is 10.7 Å². The SMILES string of the molecule is CC(=N)/C=C(\Cl)c1cc(F)ccc1N=C(C)N. The van der Waals surface area contributed by atoms with E-state index in [0.29, 0.717) is 17.1 Å². The second-order valence-corrected chi connectivity index (χ2v) is 4.00. The number of nitrogens with one attached hydrogen (secondary N) is 1. The molecule has 0 saturated carbocycles. The van der Waals surface area contributed by atoms with Gasteiger partial charge in [-0.05, 0) is 38.1 Å². The summed E-state index contributed by atoms with van der Waals surface area (Å²) in [6.07, 6.45) is 1.43.